The van der Waals surface area contributed by atoms with E-state index < -0.39 is 29.9 Å². The van der Waals surface area contributed by atoms with Gasteiger partial charge in [0.15, 0.2) is 12.0 Å². The summed E-state index contributed by atoms with van der Waals surface area (Å²) in [6, 6.07) is -2.14. The summed E-state index contributed by atoms with van der Waals surface area (Å²) in [7, 11) is 0. The number of nitrogens with two attached hydrogens (primary N) is 3. The fourth-order valence-electron chi connectivity index (χ4n) is 1.80. The molecular formula is C11H19N5O5. The van der Waals surface area contributed by atoms with Crippen LogP contribution in [0, 0.1) is 0 Å². The zero-order chi connectivity index (χ0) is 16.0. The predicted molar refractivity (Wildman–Crippen MR) is 71.5 cm³/mol. The second-order valence-corrected chi connectivity index (χ2v) is 4.58. The Balaban J connectivity index is 2.46. The first-order valence-electron chi connectivity index (χ1n) is 6.40. The highest BCUT2D eigenvalue weighted by Crippen LogP contribution is 2.19. The lowest BCUT2D eigenvalue weighted by atomic mass is 10.2. The highest BCUT2D eigenvalue weighted by Gasteiger charge is 2.39. The monoisotopic (exact) mass is 301 g/mol. The van der Waals surface area contributed by atoms with E-state index in [4.69, 9.17) is 27.1 Å². The van der Waals surface area contributed by atoms with E-state index in [1.807, 2.05) is 0 Å². The van der Waals surface area contributed by atoms with Crippen LogP contribution in [0.2, 0.25) is 0 Å². The van der Waals surface area contributed by atoms with Gasteiger partial charge in [0.25, 0.3) is 5.91 Å². The van der Waals surface area contributed by atoms with E-state index >= 15 is 0 Å². The van der Waals surface area contributed by atoms with Gasteiger partial charge in [-0.3, -0.25) is 9.79 Å². The maximum Gasteiger partial charge on any atom is 0.349 e. The summed E-state index contributed by atoms with van der Waals surface area (Å²) in [5.74, 6) is -2.70. The number of nitrogens with zero attached hydrogens (tertiary/aromatic N) is 2. The quantitative estimate of drug-likeness (QED) is 0.235. The van der Waals surface area contributed by atoms with Gasteiger partial charge in [-0.25, -0.2) is 9.59 Å². The van der Waals surface area contributed by atoms with Crippen LogP contribution >= 0.6 is 0 Å². The van der Waals surface area contributed by atoms with E-state index in [-0.39, 0.29) is 25.2 Å². The van der Waals surface area contributed by atoms with Gasteiger partial charge in [-0.15, -0.1) is 0 Å². The van der Waals surface area contributed by atoms with Crippen LogP contribution in [0.3, 0.4) is 0 Å². The molecule has 21 heavy (non-hydrogen) atoms. The topological polar surface area (TPSA) is 174 Å². The average molecular weight is 301 g/mol. The summed E-state index contributed by atoms with van der Waals surface area (Å²) in [6.45, 7) is 0.309. The summed E-state index contributed by atoms with van der Waals surface area (Å²) < 4.78 is 0. The lowest BCUT2D eigenvalue weighted by molar-refractivity contribution is -0.205. The van der Waals surface area contributed by atoms with Crippen LogP contribution in [-0.4, -0.2) is 52.6 Å². The van der Waals surface area contributed by atoms with Crippen LogP contribution in [0.1, 0.15) is 25.7 Å². The molecule has 1 saturated heterocycles. The van der Waals surface area contributed by atoms with Crippen molar-refractivity contribution in [3.05, 3.63) is 0 Å². The summed E-state index contributed by atoms with van der Waals surface area (Å²) in [5.41, 5.74) is 15.9. The van der Waals surface area contributed by atoms with Gasteiger partial charge in [0.1, 0.15) is 6.04 Å². The Labute approximate surface area is 120 Å². The molecule has 118 valence electrons. The second-order valence-electron chi connectivity index (χ2n) is 4.58. The molecule has 1 heterocycles. The van der Waals surface area contributed by atoms with Gasteiger partial charge in [0.2, 0.25) is 0 Å². The van der Waals surface area contributed by atoms with Gasteiger partial charge in [-0.2, -0.15) is 5.06 Å². The molecule has 0 bridgehead atoms. The standard InChI is InChI=1S/C11H19N5O5/c12-6(2-1-5-15-11(13)14)10(20)21-16-7(9(18)19)3-4-8(16)17/h6-7H,1-5,12H2,(H,18,19)(H4,13,14,15)/t6-,7?/m1/s1. The Bertz CT molecular complexity index is 448. The number of aliphatic imine (C=N–C) groups is 1. The van der Waals surface area contributed by atoms with Gasteiger partial charge in [-0.05, 0) is 19.3 Å². The van der Waals surface area contributed by atoms with Crippen molar-refractivity contribution in [3.63, 3.8) is 0 Å². The highest BCUT2D eigenvalue weighted by atomic mass is 16.7. The molecule has 0 aromatic carbocycles. The molecule has 0 saturated carbocycles. The maximum absolute atomic E-state index is 11.7. The predicted octanol–water partition coefficient (Wildman–Crippen LogP) is -2.10. The summed E-state index contributed by atoms with van der Waals surface area (Å²) in [4.78, 5) is 42.7. The first kappa shape index (κ1) is 16.7. The van der Waals surface area contributed by atoms with E-state index in [1.54, 1.807) is 0 Å². The minimum atomic E-state index is -1.23. The van der Waals surface area contributed by atoms with Gasteiger partial charge in [-0.1, -0.05) is 0 Å². The van der Waals surface area contributed by atoms with Crippen molar-refractivity contribution in [2.75, 3.05) is 6.54 Å². The number of hydrogen-bond acceptors (Lipinski definition) is 6. The number of amides is 1. The maximum atomic E-state index is 11.7. The van der Waals surface area contributed by atoms with Crippen molar-refractivity contribution >= 4 is 23.8 Å². The van der Waals surface area contributed by atoms with Crippen LogP contribution in [0.25, 0.3) is 0 Å². The molecule has 1 amide bonds. The zero-order valence-corrected chi connectivity index (χ0v) is 11.4. The number of carbonyl (C=O) groups excluding carboxylic acids is 2. The molecule has 0 aromatic rings. The summed E-state index contributed by atoms with van der Waals surface area (Å²) >= 11 is 0. The highest BCUT2D eigenvalue weighted by molar-refractivity contribution is 5.88. The van der Waals surface area contributed by atoms with Crippen molar-refractivity contribution < 1.29 is 24.3 Å². The van der Waals surface area contributed by atoms with E-state index in [2.05, 4.69) is 4.99 Å². The molecule has 2 atom stereocenters. The lowest BCUT2D eigenvalue weighted by Crippen LogP contribution is -2.44. The Hall–Kier alpha value is -2.36. The normalized spacial score (nSPS) is 19.2. The van der Waals surface area contributed by atoms with Gasteiger partial charge in [0, 0.05) is 13.0 Å². The van der Waals surface area contributed by atoms with Crippen LogP contribution in [0.15, 0.2) is 4.99 Å². The number of rotatable bonds is 7. The average Bonchev–Trinajstić information content (AvgIpc) is 2.76. The molecule has 0 aliphatic carbocycles. The van der Waals surface area contributed by atoms with E-state index in [9.17, 15) is 14.4 Å². The van der Waals surface area contributed by atoms with Crippen molar-refractivity contribution in [3.8, 4) is 0 Å². The van der Waals surface area contributed by atoms with Crippen LogP contribution < -0.4 is 17.2 Å². The largest absolute Gasteiger partial charge is 0.480 e. The minimum Gasteiger partial charge on any atom is -0.480 e. The van der Waals surface area contributed by atoms with E-state index in [0.717, 1.165) is 0 Å². The number of carboxylic acid groups (broad SMARTS) is 1. The van der Waals surface area contributed by atoms with Crippen LogP contribution in [0.5, 0.6) is 0 Å². The van der Waals surface area contributed by atoms with E-state index in [1.165, 1.54) is 0 Å². The molecular weight excluding hydrogens is 282 g/mol. The Morgan fingerprint density at radius 1 is 1.48 bits per heavy atom. The summed E-state index contributed by atoms with van der Waals surface area (Å²) in [5, 5.41) is 9.51. The zero-order valence-electron chi connectivity index (χ0n) is 11.4. The smallest absolute Gasteiger partial charge is 0.349 e. The Morgan fingerprint density at radius 2 is 2.14 bits per heavy atom. The SMILES string of the molecule is NC(N)=NCCC[C@@H](N)C(=O)ON1C(=O)CCC1C(=O)O. The lowest BCUT2D eigenvalue weighted by Gasteiger charge is -2.21. The Kier molecular flexibility index (Phi) is 5.91. The number of guanidine groups is 1. The third-order valence-electron chi connectivity index (χ3n) is 2.90. The van der Waals surface area contributed by atoms with Gasteiger partial charge in [0.05, 0.1) is 0 Å². The molecule has 1 rings (SSSR count). The fraction of sp³-hybridized carbons (Fsp3) is 0.636. The number of carboxylic acids is 1. The second kappa shape index (κ2) is 7.43. The molecule has 10 nitrogen and oxygen atoms in total. The number of aliphatic carboxylic acids is 1. The van der Waals surface area contributed by atoms with Crippen molar-refractivity contribution in [1.29, 1.82) is 0 Å². The first-order valence-corrected chi connectivity index (χ1v) is 6.40. The third kappa shape index (κ3) is 4.91. The van der Waals surface area contributed by atoms with Crippen LogP contribution in [-0.2, 0) is 19.2 Å². The molecule has 10 heteroatoms. The minimum absolute atomic E-state index is 0.0178. The van der Waals surface area contributed by atoms with Crippen LogP contribution in [0.4, 0.5) is 0 Å². The molecule has 0 aromatic heterocycles. The Morgan fingerprint density at radius 3 is 2.71 bits per heavy atom. The van der Waals surface area contributed by atoms with Crippen molar-refractivity contribution in [2.24, 2.45) is 22.2 Å². The molecule has 1 aliphatic rings. The molecule has 0 spiro atoms. The van der Waals surface area contributed by atoms with Crippen molar-refractivity contribution in [1.82, 2.24) is 5.06 Å². The molecule has 7 N–H and O–H groups in total. The molecule has 0 radical (unpaired) electrons. The number of hydroxylamine groups is 2. The number of carbonyl (C=O) groups is 3. The van der Waals surface area contributed by atoms with Gasteiger partial charge >= 0.3 is 11.9 Å². The fourth-order valence-corrected chi connectivity index (χ4v) is 1.80. The first-order chi connectivity index (χ1) is 9.82. The molecule has 1 fully saturated rings. The van der Waals surface area contributed by atoms with E-state index in [0.29, 0.717) is 18.0 Å². The molecule has 1 aliphatic heterocycles. The van der Waals surface area contributed by atoms with Gasteiger partial charge < -0.3 is 27.1 Å². The van der Waals surface area contributed by atoms with Crippen molar-refractivity contribution in [2.45, 2.75) is 37.8 Å². The summed E-state index contributed by atoms with van der Waals surface area (Å²) in [6.07, 6.45) is 0.811. The third-order valence-corrected chi connectivity index (χ3v) is 2.90. The number of hydrogen-bond donors (Lipinski definition) is 4. The molecule has 1 unspecified atom stereocenters.